The van der Waals surface area contributed by atoms with Gasteiger partial charge in [-0.3, -0.25) is 4.79 Å². The van der Waals surface area contributed by atoms with Crippen molar-refractivity contribution in [1.82, 2.24) is 10.2 Å². The van der Waals surface area contributed by atoms with Gasteiger partial charge in [-0.1, -0.05) is 39.0 Å². The Morgan fingerprint density at radius 2 is 2.00 bits per heavy atom. The summed E-state index contributed by atoms with van der Waals surface area (Å²) in [5.74, 6) is 1.74. The molecule has 3 nitrogen and oxygen atoms in total. The topological polar surface area (TPSA) is 32.3 Å². The number of nitrogens with zero attached hydrogens (tertiary/aromatic N) is 1. The summed E-state index contributed by atoms with van der Waals surface area (Å²) < 4.78 is 0. The highest BCUT2D eigenvalue weighted by atomic mass is 35.5. The highest BCUT2D eigenvalue weighted by Gasteiger charge is 2.27. The van der Waals surface area contributed by atoms with Crippen molar-refractivity contribution in [2.24, 2.45) is 11.8 Å². The summed E-state index contributed by atoms with van der Waals surface area (Å²) in [6, 6.07) is 0.366. The minimum absolute atomic E-state index is 0. The van der Waals surface area contributed by atoms with Crippen molar-refractivity contribution < 1.29 is 4.79 Å². The molecular formula is C15H29ClN2O. The molecule has 1 saturated heterocycles. The SMILES string of the molecule is CC(CC(=O)N1CCNCC1C)C1CCCCC1.Cl. The lowest BCUT2D eigenvalue weighted by Gasteiger charge is -2.36. The highest BCUT2D eigenvalue weighted by molar-refractivity contribution is 5.85. The van der Waals surface area contributed by atoms with Gasteiger partial charge in [0.1, 0.15) is 0 Å². The van der Waals surface area contributed by atoms with E-state index in [1.807, 2.05) is 0 Å². The molecule has 2 aliphatic rings. The molecule has 1 amide bonds. The lowest BCUT2D eigenvalue weighted by atomic mass is 9.79. The Balaban J connectivity index is 0.00000180. The molecule has 112 valence electrons. The number of rotatable bonds is 3. The van der Waals surface area contributed by atoms with Crippen LogP contribution in [0.15, 0.2) is 0 Å². The van der Waals surface area contributed by atoms with Crippen LogP contribution in [0, 0.1) is 11.8 Å². The van der Waals surface area contributed by atoms with Gasteiger partial charge in [-0.15, -0.1) is 12.4 Å². The summed E-state index contributed by atoms with van der Waals surface area (Å²) in [5, 5.41) is 3.34. The number of amides is 1. The maximum Gasteiger partial charge on any atom is 0.223 e. The van der Waals surface area contributed by atoms with E-state index in [0.29, 0.717) is 17.9 Å². The van der Waals surface area contributed by atoms with Crippen molar-refractivity contribution in [3.8, 4) is 0 Å². The number of nitrogens with one attached hydrogen (secondary N) is 1. The minimum Gasteiger partial charge on any atom is -0.337 e. The van der Waals surface area contributed by atoms with Gasteiger partial charge in [0.25, 0.3) is 0 Å². The molecule has 0 aromatic heterocycles. The maximum absolute atomic E-state index is 12.4. The van der Waals surface area contributed by atoms with Gasteiger partial charge in [-0.2, -0.15) is 0 Å². The summed E-state index contributed by atoms with van der Waals surface area (Å²) in [4.78, 5) is 14.4. The van der Waals surface area contributed by atoms with Gasteiger partial charge in [0.15, 0.2) is 0 Å². The van der Waals surface area contributed by atoms with E-state index in [9.17, 15) is 4.79 Å². The van der Waals surface area contributed by atoms with E-state index in [1.165, 1.54) is 32.1 Å². The molecule has 0 aromatic rings. The van der Waals surface area contributed by atoms with E-state index in [1.54, 1.807) is 0 Å². The van der Waals surface area contributed by atoms with Gasteiger partial charge >= 0.3 is 0 Å². The zero-order valence-electron chi connectivity index (χ0n) is 12.4. The molecule has 0 aromatic carbocycles. The highest BCUT2D eigenvalue weighted by Crippen LogP contribution is 2.31. The Bertz CT molecular complexity index is 279. The smallest absolute Gasteiger partial charge is 0.223 e. The van der Waals surface area contributed by atoms with Crippen LogP contribution in [0.4, 0.5) is 0 Å². The van der Waals surface area contributed by atoms with Crippen molar-refractivity contribution in [3.05, 3.63) is 0 Å². The molecular weight excluding hydrogens is 260 g/mol. The third kappa shape index (κ3) is 4.64. The van der Waals surface area contributed by atoms with E-state index >= 15 is 0 Å². The lowest BCUT2D eigenvalue weighted by Crippen LogP contribution is -2.52. The number of carbonyl (C=O) groups excluding carboxylic acids is 1. The molecule has 2 atom stereocenters. The Morgan fingerprint density at radius 3 is 2.63 bits per heavy atom. The summed E-state index contributed by atoms with van der Waals surface area (Å²) in [6.45, 7) is 7.21. The first-order valence-corrected chi connectivity index (χ1v) is 7.68. The normalized spacial score (nSPS) is 26.6. The first-order chi connectivity index (χ1) is 8.68. The van der Waals surface area contributed by atoms with Crippen LogP contribution in [-0.2, 0) is 4.79 Å². The van der Waals surface area contributed by atoms with Crippen molar-refractivity contribution >= 4 is 18.3 Å². The van der Waals surface area contributed by atoms with E-state index in [0.717, 1.165) is 32.0 Å². The fourth-order valence-corrected chi connectivity index (χ4v) is 3.47. The molecule has 0 radical (unpaired) electrons. The number of hydrogen-bond donors (Lipinski definition) is 1. The quantitative estimate of drug-likeness (QED) is 0.866. The fraction of sp³-hybridized carbons (Fsp3) is 0.933. The van der Waals surface area contributed by atoms with Crippen molar-refractivity contribution in [2.45, 2.75) is 58.4 Å². The van der Waals surface area contributed by atoms with Crippen LogP contribution in [0.1, 0.15) is 52.4 Å². The predicted molar refractivity (Wildman–Crippen MR) is 81.6 cm³/mol. The molecule has 1 aliphatic carbocycles. The second-order valence-electron chi connectivity index (χ2n) is 6.22. The molecule has 2 unspecified atom stereocenters. The second-order valence-corrected chi connectivity index (χ2v) is 6.22. The summed E-state index contributed by atoms with van der Waals surface area (Å²) in [6.07, 6.45) is 7.57. The number of piperazine rings is 1. The number of halogens is 1. The van der Waals surface area contributed by atoms with E-state index < -0.39 is 0 Å². The van der Waals surface area contributed by atoms with Gasteiger partial charge in [-0.25, -0.2) is 0 Å². The first-order valence-electron chi connectivity index (χ1n) is 7.68. The molecule has 19 heavy (non-hydrogen) atoms. The monoisotopic (exact) mass is 288 g/mol. The molecule has 0 spiro atoms. The van der Waals surface area contributed by atoms with Gasteiger partial charge in [0, 0.05) is 32.1 Å². The van der Waals surface area contributed by atoms with Gasteiger partial charge in [-0.05, 0) is 18.8 Å². The van der Waals surface area contributed by atoms with Crippen LogP contribution in [0.3, 0.4) is 0 Å². The average Bonchev–Trinajstić information content (AvgIpc) is 2.40. The molecule has 2 fully saturated rings. The molecule has 0 bridgehead atoms. The fourth-order valence-electron chi connectivity index (χ4n) is 3.47. The van der Waals surface area contributed by atoms with Gasteiger partial charge in [0.2, 0.25) is 5.91 Å². The second kappa shape index (κ2) is 8.11. The summed E-state index contributed by atoms with van der Waals surface area (Å²) in [5.41, 5.74) is 0. The van der Waals surface area contributed by atoms with E-state index in [4.69, 9.17) is 0 Å². The zero-order valence-corrected chi connectivity index (χ0v) is 13.2. The summed E-state index contributed by atoms with van der Waals surface area (Å²) >= 11 is 0. The Labute approximate surface area is 123 Å². The predicted octanol–water partition coefficient (Wildman–Crippen LogP) is 2.84. The molecule has 1 aliphatic heterocycles. The van der Waals surface area contributed by atoms with Crippen LogP contribution in [-0.4, -0.2) is 36.5 Å². The maximum atomic E-state index is 12.4. The Hall–Kier alpha value is -0.280. The molecule has 4 heteroatoms. The lowest BCUT2D eigenvalue weighted by molar-refractivity contribution is -0.135. The Morgan fingerprint density at radius 1 is 1.32 bits per heavy atom. The van der Waals surface area contributed by atoms with Gasteiger partial charge in [0.05, 0.1) is 0 Å². The first kappa shape index (κ1) is 16.8. The zero-order chi connectivity index (χ0) is 13.0. The number of carbonyl (C=O) groups is 1. The number of hydrogen-bond acceptors (Lipinski definition) is 2. The molecule has 2 rings (SSSR count). The van der Waals surface area contributed by atoms with E-state index in [-0.39, 0.29) is 12.4 Å². The van der Waals surface area contributed by atoms with Gasteiger partial charge < -0.3 is 10.2 Å². The average molecular weight is 289 g/mol. The standard InChI is InChI=1S/C15H28N2O.ClH/c1-12(14-6-4-3-5-7-14)10-15(18)17-9-8-16-11-13(17)2;/h12-14,16H,3-11H2,1-2H3;1H. The van der Waals surface area contributed by atoms with Crippen LogP contribution < -0.4 is 5.32 Å². The largest absolute Gasteiger partial charge is 0.337 e. The Kier molecular flexibility index (Phi) is 7.16. The molecule has 1 heterocycles. The van der Waals surface area contributed by atoms with Crippen molar-refractivity contribution in [2.75, 3.05) is 19.6 Å². The van der Waals surface area contributed by atoms with Crippen LogP contribution in [0.2, 0.25) is 0 Å². The third-order valence-electron chi connectivity index (χ3n) is 4.77. The van der Waals surface area contributed by atoms with Crippen LogP contribution in [0.25, 0.3) is 0 Å². The van der Waals surface area contributed by atoms with Crippen molar-refractivity contribution in [3.63, 3.8) is 0 Å². The third-order valence-corrected chi connectivity index (χ3v) is 4.77. The minimum atomic E-state index is 0. The van der Waals surface area contributed by atoms with Crippen molar-refractivity contribution in [1.29, 1.82) is 0 Å². The van der Waals surface area contributed by atoms with Crippen LogP contribution >= 0.6 is 12.4 Å². The summed E-state index contributed by atoms with van der Waals surface area (Å²) in [7, 11) is 0. The molecule has 1 saturated carbocycles. The van der Waals surface area contributed by atoms with E-state index in [2.05, 4.69) is 24.1 Å². The van der Waals surface area contributed by atoms with Crippen LogP contribution in [0.5, 0.6) is 0 Å². The molecule has 1 N–H and O–H groups in total.